The summed E-state index contributed by atoms with van der Waals surface area (Å²) in [5, 5.41) is 15.5. The molecular formula is C24H13Cl2N5O3S. The van der Waals surface area contributed by atoms with E-state index in [1.54, 1.807) is 48.8 Å². The summed E-state index contributed by atoms with van der Waals surface area (Å²) in [6.45, 7) is 0. The molecule has 1 aromatic heterocycles. The second kappa shape index (κ2) is 9.46. The lowest BCUT2D eigenvalue weighted by Gasteiger charge is -2.20. The molecule has 11 heteroatoms. The first kappa shape index (κ1) is 23.0. The summed E-state index contributed by atoms with van der Waals surface area (Å²) in [5.41, 5.74) is 1.53. The van der Waals surface area contributed by atoms with E-state index < -0.39 is 11.9 Å². The Balaban J connectivity index is 1.38. The molecule has 2 aliphatic heterocycles. The second-order valence-corrected chi connectivity index (χ2v) is 9.00. The molecule has 0 radical (unpaired) electrons. The van der Waals surface area contributed by atoms with Gasteiger partial charge < -0.3 is 4.74 Å². The maximum atomic E-state index is 12.7. The fourth-order valence-electron chi connectivity index (χ4n) is 3.24. The topological polar surface area (TPSA) is 108 Å². The smallest absolute Gasteiger partial charge is 0.345 e. The Hall–Kier alpha value is -3.79. The summed E-state index contributed by atoms with van der Waals surface area (Å²) in [6.07, 6.45) is 4.78. The van der Waals surface area contributed by atoms with Crippen molar-refractivity contribution in [2.24, 2.45) is 10.1 Å². The molecule has 0 saturated heterocycles. The van der Waals surface area contributed by atoms with Gasteiger partial charge in [0, 0.05) is 18.0 Å². The number of amides is 1. The molecule has 8 nitrogen and oxygen atoms in total. The van der Waals surface area contributed by atoms with Gasteiger partial charge in [-0.05, 0) is 59.8 Å². The largest absolute Gasteiger partial charge is 0.421 e. The summed E-state index contributed by atoms with van der Waals surface area (Å²) in [6, 6.07) is 14.7. The third-order valence-corrected chi connectivity index (χ3v) is 6.51. The maximum absolute atomic E-state index is 12.7. The average Bonchev–Trinajstić information content (AvgIpc) is 3.28. The molecule has 35 heavy (non-hydrogen) atoms. The number of pyridine rings is 1. The molecule has 0 atom stereocenters. The van der Waals surface area contributed by atoms with E-state index in [0.717, 1.165) is 5.56 Å². The fourth-order valence-corrected chi connectivity index (χ4v) is 4.56. The van der Waals surface area contributed by atoms with Crippen LogP contribution >= 0.6 is 35.0 Å². The number of aliphatic imine (C=N–C) groups is 1. The fraction of sp³-hybridized carbons (Fsp3) is 0. The Morgan fingerprint density at radius 3 is 2.66 bits per heavy atom. The SMILES string of the molecule is N=C1C(=Cc2ccc(OC(=O)c3ccccc3Cl)c(Cl)c2)C(=O)N=C2SC(c3cccnc3)=NN12. The molecular weight excluding hydrogens is 509 g/mol. The molecule has 3 heterocycles. The van der Waals surface area contributed by atoms with Gasteiger partial charge in [0.2, 0.25) is 5.17 Å². The minimum Gasteiger partial charge on any atom is -0.421 e. The molecule has 1 amide bonds. The number of thioether (sulfide) groups is 1. The highest BCUT2D eigenvalue weighted by molar-refractivity contribution is 8.27. The van der Waals surface area contributed by atoms with Crippen LogP contribution in [0.1, 0.15) is 21.5 Å². The van der Waals surface area contributed by atoms with E-state index in [1.807, 2.05) is 6.07 Å². The molecule has 3 aromatic rings. The first-order valence-electron chi connectivity index (χ1n) is 10.1. The van der Waals surface area contributed by atoms with Gasteiger partial charge in [-0.25, -0.2) is 4.79 Å². The third-order valence-electron chi connectivity index (χ3n) is 4.93. The van der Waals surface area contributed by atoms with Crippen LogP contribution in [0, 0.1) is 5.41 Å². The molecule has 2 aliphatic rings. The summed E-state index contributed by atoms with van der Waals surface area (Å²) >= 11 is 13.6. The molecule has 0 aliphatic carbocycles. The van der Waals surface area contributed by atoms with E-state index >= 15 is 0 Å². The van der Waals surface area contributed by atoms with Gasteiger partial charge in [0.25, 0.3) is 5.91 Å². The van der Waals surface area contributed by atoms with E-state index in [9.17, 15) is 9.59 Å². The number of esters is 1. The molecule has 0 bridgehead atoms. The molecule has 0 saturated carbocycles. The number of nitrogens with zero attached hydrogens (tertiary/aromatic N) is 4. The highest BCUT2D eigenvalue weighted by Gasteiger charge is 2.36. The number of rotatable bonds is 4. The number of nitrogens with one attached hydrogen (secondary N) is 1. The molecule has 0 fully saturated rings. The van der Waals surface area contributed by atoms with Crippen molar-refractivity contribution in [3.63, 3.8) is 0 Å². The number of fused-ring (bicyclic) bond motifs is 1. The molecule has 1 N–H and O–H groups in total. The Morgan fingerprint density at radius 2 is 1.91 bits per heavy atom. The number of hydrogen-bond acceptors (Lipinski definition) is 7. The average molecular weight is 522 g/mol. The Morgan fingerprint density at radius 1 is 1.09 bits per heavy atom. The van der Waals surface area contributed by atoms with Gasteiger partial charge in [0.15, 0.2) is 5.84 Å². The Kier molecular flexibility index (Phi) is 6.21. The van der Waals surface area contributed by atoms with Crippen LogP contribution in [0.4, 0.5) is 0 Å². The second-order valence-electron chi connectivity index (χ2n) is 7.23. The van der Waals surface area contributed by atoms with Crippen LogP contribution in [0.15, 0.2) is 82.7 Å². The third kappa shape index (κ3) is 4.61. The lowest BCUT2D eigenvalue weighted by molar-refractivity contribution is -0.114. The summed E-state index contributed by atoms with van der Waals surface area (Å²) in [5.74, 6) is -1.20. The zero-order valence-electron chi connectivity index (χ0n) is 17.6. The van der Waals surface area contributed by atoms with E-state index in [4.69, 9.17) is 33.3 Å². The number of carbonyl (C=O) groups is 2. The number of hydrazone groups is 1. The van der Waals surface area contributed by atoms with Crippen molar-refractivity contribution < 1.29 is 14.3 Å². The van der Waals surface area contributed by atoms with Crippen LogP contribution in [-0.4, -0.2) is 37.9 Å². The molecule has 0 unspecified atom stereocenters. The van der Waals surface area contributed by atoms with Gasteiger partial charge in [0.05, 0.1) is 21.2 Å². The number of ether oxygens (including phenoxy) is 1. The van der Waals surface area contributed by atoms with Crippen LogP contribution in [0.25, 0.3) is 6.08 Å². The van der Waals surface area contributed by atoms with Crippen molar-refractivity contribution in [2.45, 2.75) is 0 Å². The van der Waals surface area contributed by atoms with Crippen molar-refractivity contribution >= 4 is 69.0 Å². The van der Waals surface area contributed by atoms with E-state index in [2.05, 4.69) is 15.1 Å². The van der Waals surface area contributed by atoms with Crippen LogP contribution in [0.2, 0.25) is 10.0 Å². The molecule has 172 valence electrons. The number of halogens is 2. The van der Waals surface area contributed by atoms with Crippen molar-refractivity contribution in [1.29, 1.82) is 5.41 Å². The lowest BCUT2D eigenvalue weighted by atomic mass is 10.1. The van der Waals surface area contributed by atoms with Crippen LogP contribution in [0.3, 0.4) is 0 Å². The monoisotopic (exact) mass is 521 g/mol. The lowest BCUT2D eigenvalue weighted by Crippen LogP contribution is -2.35. The van der Waals surface area contributed by atoms with Gasteiger partial charge in [-0.1, -0.05) is 41.4 Å². The molecule has 5 rings (SSSR count). The predicted molar refractivity (Wildman–Crippen MR) is 136 cm³/mol. The van der Waals surface area contributed by atoms with E-state index in [1.165, 1.54) is 35.0 Å². The highest BCUT2D eigenvalue weighted by atomic mass is 35.5. The number of hydrogen-bond donors (Lipinski definition) is 1. The molecule has 2 aromatic carbocycles. The van der Waals surface area contributed by atoms with Gasteiger partial charge >= 0.3 is 5.97 Å². The van der Waals surface area contributed by atoms with Gasteiger partial charge in [-0.3, -0.25) is 15.2 Å². The van der Waals surface area contributed by atoms with Crippen molar-refractivity contribution in [3.8, 4) is 5.75 Å². The molecule has 0 spiro atoms. The number of aromatic nitrogens is 1. The minimum absolute atomic E-state index is 0.0439. The van der Waals surface area contributed by atoms with Crippen LogP contribution in [-0.2, 0) is 4.79 Å². The highest BCUT2D eigenvalue weighted by Crippen LogP contribution is 2.32. The zero-order valence-corrected chi connectivity index (χ0v) is 19.9. The van der Waals surface area contributed by atoms with Crippen molar-refractivity contribution in [3.05, 3.63) is 99.3 Å². The summed E-state index contributed by atoms with van der Waals surface area (Å²) in [4.78, 5) is 33.2. The quantitative estimate of drug-likeness (QED) is 0.284. The van der Waals surface area contributed by atoms with Crippen molar-refractivity contribution in [2.75, 3.05) is 0 Å². The van der Waals surface area contributed by atoms with Crippen molar-refractivity contribution in [1.82, 2.24) is 9.99 Å². The van der Waals surface area contributed by atoms with Crippen LogP contribution < -0.4 is 4.74 Å². The van der Waals surface area contributed by atoms with Gasteiger partial charge in [-0.2, -0.15) is 15.1 Å². The normalized spacial score (nSPS) is 16.2. The zero-order chi connectivity index (χ0) is 24.5. The van der Waals surface area contributed by atoms with Crippen LogP contribution in [0.5, 0.6) is 5.75 Å². The number of amidine groups is 2. The predicted octanol–water partition coefficient (Wildman–Crippen LogP) is 5.28. The van der Waals surface area contributed by atoms with Gasteiger partial charge in [0.1, 0.15) is 10.8 Å². The first-order chi connectivity index (χ1) is 16.9. The summed E-state index contributed by atoms with van der Waals surface area (Å²) < 4.78 is 5.37. The van der Waals surface area contributed by atoms with E-state index in [0.29, 0.717) is 15.8 Å². The first-order valence-corrected chi connectivity index (χ1v) is 11.6. The maximum Gasteiger partial charge on any atom is 0.345 e. The summed E-state index contributed by atoms with van der Waals surface area (Å²) in [7, 11) is 0. The Bertz CT molecular complexity index is 1490. The standard InChI is InChI=1S/C24H13Cl2N5O3S/c25-17-6-2-1-5-15(17)23(33)34-19-8-7-13(11-18(19)26)10-16-20(27)31-24(29-21(16)32)35-22(30-31)14-4-3-9-28-12-14/h1-12,27H. The number of carbonyl (C=O) groups excluding carboxylic acids is 2. The number of benzene rings is 2. The minimum atomic E-state index is -0.650. The van der Waals surface area contributed by atoms with E-state index in [-0.39, 0.29) is 32.8 Å². The Labute approximate surface area is 213 Å². The van der Waals surface area contributed by atoms with Gasteiger partial charge in [-0.15, -0.1) is 0 Å².